The molecule has 0 aliphatic carbocycles. The van der Waals surface area contributed by atoms with Crippen molar-refractivity contribution in [2.75, 3.05) is 6.54 Å². The molecule has 1 N–H and O–H groups in total. The maximum atomic E-state index is 3.61. The monoisotopic (exact) mass is 209 g/mol. The Labute approximate surface area is 90.5 Å². The van der Waals surface area contributed by atoms with Gasteiger partial charge >= 0.3 is 0 Å². The Morgan fingerprint density at radius 1 is 1.57 bits per heavy atom. The van der Waals surface area contributed by atoms with Crippen LogP contribution in [0.2, 0.25) is 0 Å². The van der Waals surface area contributed by atoms with Gasteiger partial charge in [-0.3, -0.25) is 0 Å². The first-order valence-electron chi connectivity index (χ1n) is 5.47. The largest absolute Gasteiger partial charge is 0.313 e. The average molecular weight is 209 g/mol. The van der Waals surface area contributed by atoms with E-state index in [1.165, 1.54) is 24.3 Å². The van der Waals surface area contributed by atoms with Crippen LogP contribution < -0.4 is 5.32 Å². The van der Waals surface area contributed by atoms with E-state index in [-0.39, 0.29) is 0 Å². The molecule has 2 unspecified atom stereocenters. The van der Waals surface area contributed by atoms with Gasteiger partial charge in [0.05, 0.1) is 0 Å². The highest BCUT2D eigenvalue weighted by Gasteiger charge is 2.39. The van der Waals surface area contributed by atoms with Crippen LogP contribution in [0.15, 0.2) is 12.1 Å². The Bertz CT molecular complexity index is 318. The van der Waals surface area contributed by atoms with Crippen LogP contribution in [-0.2, 0) is 5.41 Å². The third kappa shape index (κ3) is 1.51. The molecular formula is C12H19NS. The van der Waals surface area contributed by atoms with Crippen molar-refractivity contribution in [3.8, 4) is 0 Å². The summed E-state index contributed by atoms with van der Waals surface area (Å²) >= 11 is 1.96. The Morgan fingerprint density at radius 3 is 2.93 bits per heavy atom. The minimum atomic E-state index is 0.383. The maximum Gasteiger partial charge on any atom is 0.0184 e. The summed E-state index contributed by atoms with van der Waals surface area (Å²) in [7, 11) is 0. The second-order valence-electron chi connectivity index (χ2n) is 4.49. The van der Waals surface area contributed by atoms with Crippen molar-refractivity contribution in [3.05, 3.63) is 21.9 Å². The quantitative estimate of drug-likeness (QED) is 0.789. The Morgan fingerprint density at radius 2 is 2.36 bits per heavy atom. The molecule has 2 rings (SSSR count). The molecule has 1 aliphatic heterocycles. The summed E-state index contributed by atoms with van der Waals surface area (Å²) < 4.78 is 0. The molecule has 1 saturated heterocycles. The van der Waals surface area contributed by atoms with Gasteiger partial charge in [-0.25, -0.2) is 0 Å². The summed E-state index contributed by atoms with van der Waals surface area (Å²) in [6.45, 7) is 8.06. The van der Waals surface area contributed by atoms with Crippen LogP contribution in [0.1, 0.15) is 36.4 Å². The number of aryl methyl sites for hydroxylation is 1. The number of thiophene rings is 1. The molecule has 0 saturated carbocycles. The maximum absolute atomic E-state index is 3.61. The normalized spacial score (nSPS) is 32.4. The molecule has 0 bridgehead atoms. The van der Waals surface area contributed by atoms with Crippen molar-refractivity contribution in [2.45, 2.75) is 45.1 Å². The zero-order chi connectivity index (χ0) is 10.2. The topological polar surface area (TPSA) is 12.0 Å². The smallest absolute Gasteiger partial charge is 0.0184 e. The SMILES string of the molecule is CCC1NCCC1(C)c1ccc(C)s1. The summed E-state index contributed by atoms with van der Waals surface area (Å²) in [5.41, 5.74) is 0.383. The van der Waals surface area contributed by atoms with Crippen LogP contribution >= 0.6 is 11.3 Å². The fourth-order valence-corrected chi connectivity index (χ4v) is 3.63. The lowest BCUT2D eigenvalue weighted by atomic mass is 9.80. The Balaban J connectivity index is 2.31. The number of rotatable bonds is 2. The van der Waals surface area contributed by atoms with E-state index in [0.717, 1.165) is 0 Å². The van der Waals surface area contributed by atoms with Gasteiger partial charge in [0.2, 0.25) is 0 Å². The summed E-state index contributed by atoms with van der Waals surface area (Å²) in [5.74, 6) is 0. The zero-order valence-corrected chi connectivity index (χ0v) is 10.1. The molecule has 0 aromatic carbocycles. The van der Waals surface area contributed by atoms with Gasteiger partial charge in [0.15, 0.2) is 0 Å². The zero-order valence-electron chi connectivity index (χ0n) is 9.26. The molecule has 1 aliphatic rings. The van der Waals surface area contributed by atoms with Crippen molar-refractivity contribution in [3.63, 3.8) is 0 Å². The van der Waals surface area contributed by atoms with Gasteiger partial charge in [-0.05, 0) is 38.4 Å². The van der Waals surface area contributed by atoms with Gasteiger partial charge in [-0.2, -0.15) is 0 Å². The van der Waals surface area contributed by atoms with Gasteiger partial charge in [-0.15, -0.1) is 11.3 Å². The van der Waals surface area contributed by atoms with Crippen LogP contribution in [0.5, 0.6) is 0 Å². The second kappa shape index (κ2) is 3.67. The van der Waals surface area contributed by atoms with Gasteiger partial charge in [0, 0.05) is 21.2 Å². The van der Waals surface area contributed by atoms with Gasteiger partial charge in [-0.1, -0.05) is 13.8 Å². The van der Waals surface area contributed by atoms with Crippen LogP contribution in [0, 0.1) is 6.92 Å². The van der Waals surface area contributed by atoms with E-state index in [0.29, 0.717) is 11.5 Å². The van der Waals surface area contributed by atoms with Gasteiger partial charge in [0.25, 0.3) is 0 Å². The van der Waals surface area contributed by atoms with E-state index < -0.39 is 0 Å². The standard InChI is InChI=1S/C12H19NS/c1-4-10-12(3,7-8-13-10)11-6-5-9(2)14-11/h5-6,10,13H,4,7-8H2,1-3H3. The summed E-state index contributed by atoms with van der Waals surface area (Å²) in [5, 5.41) is 3.61. The fraction of sp³-hybridized carbons (Fsp3) is 0.667. The highest BCUT2D eigenvalue weighted by atomic mass is 32.1. The van der Waals surface area contributed by atoms with E-state index in [9.17, 15) is 0 Å². The summed E-state index contributed by atoms with van der Waals surface area (Å²) in [4.78, 5) is 3.00. The number of hydrogen-bond donors (Lipinski definition) is 1. The third-order valence-corrected chi connectivity index (χ3v) is 4.80. The van der Waals surface area contributed by atoms with E-state index in [4.69, 9.17) is 0 Å². The lowest BCUT2D eigenvalue weighted by molar-refractivity contribution is 0.399. The highest BCUT2D eigenvalue weighted by Crippen LogP contribution is 2.39. The summed E-state index contributed by atoms with van der Waals surface area (Å²) in [6, 6.07) is 5.23. The molecule has 0 amide bonds. The second-order valence-corrected chi connectivity index (χ2v) is 5.78. The first-order chi connectivity index (χ1) is 6.66. The number of hydrogen-bond acceptors (Lipinski definition) is 2. The molecular weight excluding hydrogens is 190 g/mol. The summed E-state index contributed by atoms with van der Waals surface area (Å²) in [6.07, 6.45) is 2.51. The molecule has 0 radical (unpaired) electrons. The van der Waals surface area contributed by atoms with E-state index in [1.54, 1.807) is 4.88 Å². The Hall–Kier alpha value is -0.340. The van der Waals surface area contributed by atoms with Crippen LogP contribution in [-0.4, -0.2) is 12.6 Å². The van der Waals surface area contributed by atoms with Crippen molar-refractivity contribution >= 4 is 11.3 Å². The fourth-order valence-electron chi connectivity index (χ4n) is 2.54. The minimum Gasteiger partial charge on any atom is -0.313 e. The van der Waals surface area contributed by atoms with E-state index in [2.05, 4.69) is 38.2 Å². The predicted molar refractivity (Wildman–Crippen MR) is 63.1 cm³/mol. The molecule has 0 spiro atoms. The van der Waals surface area contributed by atoms with Gasteiger partial charge < -0.3 is 5.32 Å². The number of nitrogens with one attached hydrogen (secondary N) is 1. The van der Waals surface area contributed by atoms with Gasteiger partial charge in [0.1, 0.15) is 0 Å². The highest BCUT2D eigenvalue weighted by molar-refractivity contribution is 7.12. The lowest BCUT2D eigenvalue weighted by Gasteiger charge is -2.29. The average Bonchev–Trinajstić information content (AvgIpc) is 2.72. The van der Waals surface area contributed by atoms with Crippen molar-refractivity contribution < 1.29 is 0 Å². The molecule has 2 heteroatoms. The first-order valence-corrected chi connectivity index (χ1v) is 6.29. The van der Waals surface area contributed by atoms with E-state index >= 15 is 0 Å². The van der Waals surface area contributed by atoms with Crippen molar-refractivity contribution in [1.82, 2.24) is 5.32 Å². The third-order valence-electron chi connectivity index (χ3n) is 3.52. The van der Waals surface area contributed by atoms with Crippen LogP contribution in [0.25, 0.3) is 0 Å². The van der Waals surface area contributed by atoms with Crippen molar-refractivity contribution in [1.29, 1.82) is 0 Å². The molecule has 2 atom stereocenters. The van der Waals surface area contributed by atoms with Crippen molar-refractivity contribution in [2.24, 2.45) is 0 Å². The first kappa shape index (κ1) is 10.2. The van der Waals surface area contributed by atoms with E-state index in [1.807, 2.05) is 11.3 Å². The molecule has 1 aromatic heterocycles. The molecule has 2 heterocycles. The lowest BCUT2D eigenvalue weighted by Crippen LogP contribution is -2.36. The van der Waals surface area contributed by atoms with Crippen LogP contribution in [0.4, 0.5) is 0 Å². The minimum absolute atomic E-state index is 0.383. The molecule has 14 heavy (non-hydrogen) atoms. The molecule has 78 valence electrons. The predicted octanol–water partition coefficient (Wildman–Crippen LogP) is 3.09. The molecule has 1 aromatic rings. The molecule has 1 fully saturated rings. The molecule has 1 nitrogen and oxygen atoms in total. The Kier molecular flexibility index (Phi) is 2.67. The van der Waals surface area contributed by atoms with Crippen LogP contribution in [0.3, 0.4) is 0 Å².